The number of benzene rings is 1. The van der Waals surface area contributed by atoms with Gasteiger partial charge < -0.3 is 10.2 Å². The summed E-state index contributed by atoms with van der Waals surface area (Å²) in [7, 11) is 0. The first kappa shape index (κ1) is 15.1. The van der Waals surface area contributed by atoms with E-state index in [0.29, 0.717) is 0 Å². The van der Waals surface area contributed by atoms with Crippen molar-refractivity contribution in [3.63, 3.8) is 0 Å². The average Bonchev–Trinajstić information content (AvgIpc) is 2.85. The largest absolute Gasteiger partial charge is 0.381 e. The molecular formula is C14H20ClN3O2. The molecule has 0 aromatic heterocycles. The molecule has 1 fully saturated rings. The van der Waals surface area contributed by atoms with Gasteiger partial charge in [-0.3, -0.25) is 10.1 Å². The lowest BCUT2D eigenvalue weighted by Gasteiger charge is -2.23. The number of nitrogens with zero attached hydrogens (tertiary/aromatic N) is 2. The van der Waals surface area contributed by atoms with Gasteiger partial charge in [-0.25, -0.2) is 0 Å². The van der Waals surface area contributed by atoms with Gasteiger partial charge in [0.05, 0.1) is 4.92 Å². The first-order valence-corrected chi connectivity index (χ1v) is 7.28. The maximum Gasteiger partial charge on any atom is 0.288 e. The van der Waals surface area contributed by atoms with E-state index in [2.05, 4.69) is 17.1 Å². The lowest BCUT2D eigenvalue weighted by molar-refractivity contribution is -0.384. The number of likely N-dealkylation sites (tertiary alicyclic amines) is 1. The number of nitro groups is 1. The van der Waals surface area contributed by atoms with Crippen LogP contribution < -0.4 is 5.32 Å². The van der Waals surface area contributed by atoms with E-state index in [1.165, 1.54) is 18.9 Å². The highest BCUT2D eigenvalue weighted by Gasteiger charge is 2.18. The lowest BCUT2D eigenvalue weighted by Crippen LogP contribution is -2.33. The minimum Gasteiger partial charge on any atom is -0.381 e. The Bertz CT molecular complexity index is 501. The molecule has 1 aliphatic rings. The Morgan fingerprint density at radius 3 is 2.70 bits per heavy atom. The quantitative estimate of drug-likeness (QED) is 0.668. The lowest BCUT2D eigenvalue weighted by atomic mass is 10.1. The fraction of sp³-hybridized carbons (Fsp3) is 0.571. The second-order valence-electron chi connectivity index (χ2n) is 5.43. The molecule has 0 amide bonds. The molecule has 1 aromatic rings. The molecule has 1 aliphatic heterocycles. The first-order chi connectivity index (χ1) is 9.47. The number of aryl methyl sites for hydroxylation is 1. The minimum absolute atomic E-state index is 0.0399. The predicted octanol–water partition coefficient (Wildman–Crippen LogP) is 3.45. The molecule has 1 aromatic carbocycles. The molecule has 110 valence electrons. The number of hydrogen-bond acceptors (Lipinski definition) is 4. The third-order valence-electron chi connectivity index (χ3n) is 3.62. The number of rotatable bonds is 5. The van der Waals surface area contributed by atoms with E-state index in [0.717, 1.165) is 30.9 Å². The number of anilines is 1. The van der Waals surface area contributed by atoms with E-state index in [-0.39, 0.29) is 16.8 Å². The van der Waals surface area contributed by atoms with Gasteiger partial charge in [-0.2, -0.15) is 0 Å². The number of nitro benzene ring substituents is 1. The van der Waals surface area contributed by atoms with Crippen molar-refractivity contribution >= 4 is 23.0 Å². The Morgan fingerprint density at radius 1 is 1.45 bits per heavy atom. The maximum atomic E-state index is 10.8. The summed E-state index contributed by atoms with van der Waals surface area (Å²) in [5.74, 6) is 0. The third-order valence-corrected chi connectivity index (χ3v) is 3.93. The van der Waals surface area contributed by atoms with Crippen molar-refractivity contribution in [1.82, 2.24) is 4.90 Å². The second kappa shape index (κ2) is 6.41. The summed E-state index contributed by atoms with van der Waals surface area (Å²) in [5, 5.41) is 14.4. The monoisotopic (exact) mass is 297 g/mol. The van der Waals surface area contributed by atoms with Crippen LogP contribution in [0.15, 0.2) is 12.1 Å². The zero-order valence-electron chi connectivity index (χ0n) is 11.9. The molecule has 5 nitrogen and oxygen atoms in total. The summed E-state index contributed by atoms with van der Waals surface area (Å²) < 4.78 is 0. The van der Waals surface area contributed by atoms with Crippen molar-refractivity contribution < 1.29 is 4.92 Å². The van der Waals surface area contributed by atoms with Crippen LogP contribution in [0.1, 0.15) is 25.3 Å². The summed E-state index contributed by atoms with van der Waals surface area (Å²) in [5.41, 5.74) is 1.67. The van der Waals surface area contributed by atoms with Crippen LogP contribution in [0.25, 0.3) is 0 Å². The molecule has 20 heavy (non-hydrogen) atoms. The van der Waals surface area contributed by atoms with Gasteiger partial charge in [0.15, 0.2) is 0 Å². The van der Waals surface area contributed by atoms with Gasteiger partial charge in [0.1, 0.15) is 5.02 Å². The summed E-state index contributed by atoms with van der Waals surface area (Å²) in [6, 6.07) is 3.45. The molecule has 0 aliphatic carbocycles. The predicted molar refractivity (Wildman–Crippen MR) is 81.6 cm³/mol. The van der Waals surface area contributed by atoms with Crippen molar-refractivity contribution in [3.05, 3.63) is 32.8 Å². The Labute approximate surface area is 124 Å². The summed E-state index contributed by atoms with van der Waals surface area (Å²) in [6.07, 6.45) is 2.55. The van der Waals surface area contributed by atoms with Crippen molar-refractivity contribution in [2.75, 3.05) is 25.0 Å². The van der Waals surface area contributed by atoms with Gasteiger partial charge in [0.25, 0.3) is 5.69 Å². The van der Waals surface area contributed by atoms with Crippen LogP contribution in [0.4, 0.5) is 11.4 Å². The Morgan fingerprint density at radius 2 is 2.10 bits per heavy atom. The molecule has 1 unspecified atom stereocenters. The molecule has 2 rings (SSSR count). The second-order valence-corrected chi connectivity index (χ2v) is 5.84. The zero-order valence-corrected chi connectivity index (χ0v) is 12.6. The van der Waals surface area contributed by atoms with Crippen molar-refractivity contribution in [1.29, 1.82) is 0 Å². The Kier molecular flexibility index (Phi) is 4.83. The standard InChI is InChI=1S/C14H20ClN3O2/c1-10-7-14(18(19)20)12(15)8-13(10)16-11(2)9-17-5-3-4-6-17/h7-8,11,16H,3-6,9H2,1-2H3. The van der Waals surface area contributed by atoms with Gasteiger partial charge in [0, 0.05) is 24.3 Å². The third kappa shape index (κ3) is 3.61. The fourth-order valence-electron chi connectivity index (χ4n) is 2.63. The molecule has 0 spiro atoms. The van der Waals surface area contributed by atoms with Crippen molar-refractivity contribution in [3.8, 4) is 0 Å². The van der Waals surface area contributed by atoms with E-state index in [9.17, 15) is 10.1 Å². The highest BCUT2D eigenvalue weighted by molar-refractivity contribution is 6.33. The average molecular weight is 298 g/mol. The minimum atomic E-state index is -0.452. The highest BCUT2D eigenvalue weighted by atomic mass is 35.5. The molecule has 1 heterocycles. The van der Waals surface area contributed by atoms with Gasteiger partial charge in [0.2, 0.25) is 0 Å². The van der Waals surface area contributed by atoms with Crippen LogP contribution in [-0.2, 0) is 0 Å². The summed E-state index contributed by atoms with van der Waals surface area (Å²) >= 11 is 5.96. The first-order valence-electron chi connectivity index (χ1n) is 6.91. The van der Waals surface area contributed by atoms with Crippen LogP contribution in [0.3, 0.4) is 0 Å². The van der Waals surface area contributed by atoms with E-state index < -0.39 is 4.92 Å². The number of halogens is 1. The summed E-state index contributed by atoms with van der Waals surface area (Å²) in [4.78, 5) is 12.8. The number of nitrogens with one attached hydrogen (secondary N) is 1. The van der Waals surface area contributed by atoms with Crippen LogP contribution >= 0.6 is 11.6 Å². The van der Waals surface area contributed by atoms with Crippen molar-refractivity contribution in [2.24, 2.45) is 0 Å². The molecule has 0 saturated carbocycles. The Hall–Kier alpha value is -1.33. The van der Waals surface area contributed by atoms with E-state index in [1.807, 2.05) is 6.92 Å². The smallest absolute Gasteiger partial charge is 0.288 e. The van der Waals surface area contributed by atoms with Gasteiger partial charge in [-0.1, -0.05) is 11.6 Å². The van der Waals surface area contributed by atoms with Crippen LogP contribution in [0, 0.1) is 17.0 Å². The molecule has 1 atom stereocenters. The fourth-order valence-corrected chi connectivity index (χ4v) is 2.86. The molecule has 6 heteroatoms. The molecule has 0 bridgehead atoms. The normalized spacial score (nSPS) is 17.1. The van der Waals surface area contributed by atoms with Gasteiger partial charge >= 0.3 is 0 Å². The summed E-state index contributed by atoms with van der Waals surface area (Å²) in [6.45, 7) is 7.27. The molecule has 0 radical (unpaired) electrons. The van der Waals surface area contributed by atoms with Crippen LogP contribution in [-0.4, -0.2) is 35.5 Å². The highest BCUT2D eigenvalue weighted by Crippen LogP contribution is 2.30. The molecular weight excluding hydrogens is 278 g/mol. The Balaban J connectivity index is 2.05. The van der Waals surface area contributed by atoms with E-state index in [4.69, 9.17) is 11.6 Å². The van der Waals surface area contributed by atoms with Gasteiger partial charge in [-0.15, -0.1) is 0 Å². The number of hydrogen-bond donors (Lipinski definition) is 1. The van der Waals surface area contributed by atoms with Crippen LogP contribution in [0.2, 0.25) is 5.02 Å². The topological polar surface area (TPSA) is 58.4 Å². The van der Waals surface area contributed by atoms with Gasteiger partial charge in [-0.05, 0) is 51.4 Å². The van der Waals surface area contributed by atoms with E-state index >= 15 is 0 Å². The van der Waals surface area contributed by atoms with Crippen LogP contribution in [0.5, 0.6) is 0 Å². The molecule has 1 N–H and O–H groups in total. The zero-order chi connectivity index (χ0) is 14.7. The maximum absolute atomic E-state index is 10.8. The molecule has 1 saturated heterocycles. The van der Waals surface area contributed by atoms with Crippen molar-refractivity contribution in [2.45, 2.75) is 32.7 Å². The SMILES string of the molecule is Cc1cc([N+](=O)[O-])c(Cl)cc1NC(C)CN1CCCC1. The van der Waals surface area contributed by atoms with E-state index in [1.54, 1.807) is 6.07 Å².